The van der Waals surface area contributed by atoms with Gasteiger partial charge in [0, 0.05) is 36.3 Å². The van der Waals surface area contributed by atoms with Crippen molar-refractivity contribution >= 4 is 35.4 Å². The van der Waals surface area contributed by atoms with Crippen LogP contribution in [0.1, 0.15) is 79.8 Å². The van der Waals surface area contributed by atoms with E-state index in [2.05, 4.69) is 5.32 Å². The molecule has 0 unspecified atom stereocenters. The molecule has 4 aliphatic rings. The lowest BCUT2D eigenvalue weighted by Crippen LogP contribution is -2.81. The number of hydrogen-bond donors (Lipinski definition) is 4. The minimum Gasteiger partial charge on any atom is -0.456 e. The van der Waals surface area contributed by atoms with Crippen molar-refractivity contribution in [1.82, 2.24) is 5.32 Å². The summed E-state index contributed by atoms with van der Waals surface area (Å²) in [7, 11) is 0. The standard InChI is InChI=1S/C45H47NO13/c1-24-29(57-41(54)35(50)33(26-15-9-6-10-16-26)46-39(52)27-17-11-7-12-18-27)22-45(55)38(58-40(53)28-19-13-8-14-20-28)36-43(5,37(51)34(49)32(24)42(45,3)4)30(48)21-31-44(36,23-56-31)59-25(2)47/h6-20,29-31,33,35-36,38,48,50,55H,21-23H2,1-5H3,(H,46,52)/t29-,30+,31-,33+,35+,36-,38-,43-,44-,45+/m0/s1. The lowest BCUT2D eigenvalue weighted by atomic mass is 9.45. The van der Waals surface area contributed by atoms with E-state index in [0.717, 1.165) is 6.92 Å². The van der Waals surface area contributed by atoms with Gasteiger partial charge in [-0.25, -0.2) is 9.59 Å². The molecule has 14 heteroatoms. The quantitative estimate of drug-likeness (QED) is 0.139. The fourth-order valence-electron chi connectivity index (χ4n) is 9.72. The van der Waals surface area contributed by atoms with Crippen LogP contribution >= 0.6 is 0 Å². The van der Waals surface area contributed by atoms with Crippen LogP contribution in [-0.4, -0.2) is 99.0 Å². The maximum Gasteiger partial charge on any atom is 0.338 e. The number of rotatable bonds is 9. The van der Waals surface area contributed by atoms with E-state index in [1.54, 1.807) is 78.9 Å². The van der Waals surface area contributed by atoms with Crippen LogP contribution in [0.15, 0.2) is 102 Å². The summed E-state index contributed by atoms with van der Waals surface area (Å²) in [6.07, 6.45) is -8.76. The van der Waals surface area contributed by atoms with E-state index in [4.69, 9.17) is 18.9 Å². The third-order valence-corrected chi connectivity index (χ3v) is 13.0. The molecule has 7 rings (SSSR count). The molecule has 4 N–H and O–H groups in total. The fourth-order valence-corrected chi connectivity index (χ4v) is 9.72. The SMILES string of the molecule is CC(=O)O[C@@]12CO[C@H]1C[C@@H](O)[C@]1(C)C(=O)C(=O)C3=C(C)[C@@H](OC(=O)[C@H](O)[C@H](NC(=O)c4ccccc4)c4ccccc4)C[C@@](O)([C@@H](OC(=O)c4ccccc4)[C@H]21)C3(C)C. The van der Waals surface area contributed by atoms with E-state index in [-0.39, 0.29) is 35.3 Å². The molecule has 3 aliphatic carbocycles. The topological polar surface area (TPSA) is 212 Å². The number of carbonyl (C=O) groups is 6. The second-order valence-electron chi connectivity index (χ2n) is 16.6. The number of fused-ring (bicyclic) bond motifs is 5. The van der Waals surface area contributed by atoms with Crippen LogP contribution in [-0.2, 0) is 38.1 Å². The summed E-state index contributed by atoms with van der Waals surface area (Å²) in [5.74, 6) is -7.33. The molecule has 3 fully saturated rings. The number of ether oxygens (including phenoxy) is 4. The van der Waals surface area contributed by atoms with Crippen molar-refractivity contribution in [1.29, 1.82) is 0 Å². The molecule has 0 spiro atoms. The van der Waals surface area contributed by atoms with Gasteiger partial charge in [0.1, 0.15) is 23.9 Å². The highest BCUT2D eigenvalue weighted by molar-refractivity contribution is 6.46. The second-order valence-corrected chi connectivity index (χ2v) is 16.6. The minimum atomic E-state index is -2.41. The summed E-state index contributed by atoms with van der Waals surface area (Å²) in [5, 5.41) is 39.6. The Morgan fingerprint density at radius 2 is 1.44 bits per heavy atom. The molecule has 1 heterocycles. The molecular weight excluding hydrogens is 762 g/mol. The van der Waals surface area contributed by atoms with Gasteiger partial charge in [0.2, 0.25) is 11.6 Å². The van der Waals surface area contributed by atoms with Gasteiger partial charge in [-0.3, -0.25) is 19.2 Å². The van der Waals surface area contributed by atoms with Crippen LogP contribution in [0.2, 0.25) is 0 Å². The molecule has 1 aliphatic heterocycles. The third kappa shape index (κ3) is 6.68. The normalized spacial score (nSPS) is 31.8. The molecule has 10 atom stereocenters. The maximum absolute atomic E-state index is 14.9. The number of carbonyl (C=O) groups excluding carboxylic acids is 6. The zero-order valence-corrected chi connectivity index (χ0v) is 33.2. The zero-order chi connectivity index (χ0) is 42.7. The Balaban J connectivity index is 1.35. The molecule has 3 aromatic carbocycles. The van der Waals surface area contributed by atoms with Crippen molar-refractivity contribution in [3.05, 3.63) is 119 Å². The van der Waals surface area contributed by atoms with Crippen LogP contribution in [0.25, 0.3) is 0 Å². The van der Waals surface area contributed by atoms with Crippen LogP contribution < -0.4 is 5.32 Å². The van der Waals surface area contributed by atoms with Crippen molar-refractivity contribution < 1.29 is 63.0 Å². The summed E-state index contributed by atoms with van der Waals surface area (Å²) in [4.78, 5) is 84.1. The van der Waals surface area contributed by atoms with Gasteiger partial charge in [0.05, 0.1) is 35.6 Å². The molecule has 2 bridgehead atoms. The van der Waals surface area contributed by atoms with Crippen molar-refractivity contribution in [2.75, 3.05) is 6.61 Å². The Morgan fingerprint density at radius 1 is 0.864 bits per heavy atom. The zero-order valence-electron chi connectivity index (χ0n) is 33.2. The molecule has 0 radical (unpaired) electrons. The largest absolute Gasteiger partial charge is 0.456 e. The Morgan fingerprint density at radius 3 is 2.00 bits per heavy atom. The number of nitrogens with one attached hydrogen (secondary N) is 1. The van der Waals surface area contributed by atoms with Crippen molar-refractivity contribution in [3.8, 4) is 0 Å². The molecule has 3 aromatic rings. The van der Waals surface area contributed by atoms with E-state index >= 15 is 0 Å². The average Bonchev–Trinajstić information content (AvgIpc) is 3.21. The van der Waals surface area contributed by atoms with E-state index in [1.165, 1.54) is 39.8 Å². The predicted octanol–water partition coefficient (Wildman–Crippen LogP) is 3.37. The van der Waals surface area contributed by atoms with E-state index in [0.29, 0.717) is 5.56 Å². The molecule has 2 saturated carbocycles. The highest BCUT2D eigenvalue weighted by atomic mass is 16.6. The van der Waals surface area contributed by atoms with Gasteiger partial charge in [-0.05, 0) is 49.2 Å². The maximum atomic E-state index is 14.9. The number of amides is 1. The predicted molar refractivity (Wildman–Crippen MR) is 207 cm³/mol. The van der Waals surface area contributed by atoms with Crippen LogP contribution in [0.4, 0.5) is 0 Å². The molecule has 0 aromatic heterocycles. The summed E-state index contributed by atoms with van der Waals surface area (Å²) >= 11 is 0. The van der Waals surface area contributed by atoms with Crippen molar-refractivity contribution in [2.45, 2.75) is 95.2 Å². The van der Waals surface area contributed by atoms with E-state index in [1.807, 2.05) is 0 Å². The number of benzene rings is 3. The van der Waals surface area contributed by atoms with Gasteiger partial charge in [0.25, 0.3) is 5.91 Å². The van der Waals surface area contributed by atoms with Crippen molar-refractivity contribution in [3.63, 3.8) is 0 Å². The third-order valence-electron chi connectivity index (χ3n) is 13.0. The second kappa shape index (κ2) is 15.2. The summed E-state index contributed by atoms with van der Waals surface area (Å²) in [6.45, 7) is 6.60. The van der Waals surface area contributed by atoms with Gasteiger partial charge in [0.15, 0.2) is 11.7 Å². The summed E-state index contributed by atoms with van der Waals surface area (Å²) in [5.41, 5.74) is -7.50. The lowest BCUT2D eigenvalue weighted by molar-refractivity contribution is -0.343. The number of hydrogen-bond acceptors (Lipinski definition) is 13. The Kier molecular flexibility index (Phi) is 10.8. The first kappa shape index (κ1) is 41.6. The first-order chi connectivity index (χ1) is 27.9. The average molecular weight is 810 g/mol. The van der Waals surface area contributed by atoms with Gasteiger partial charge in [-0.1, -0.05) is 80.6 Å². The number of ketones is 2. The lowest BCUT2D eigenvalue weighted by Gasteiger charge is -2.66. The molecule has 1 saturated heterocycles. The smallest absolute Gasteiger partial charge is 0.338 e. The van der Waals surface area contributed by atoms with E-state index in [9.17, 15) is 44.1 Å². The fraction of sp³-hybridized carbons (Fsp3) is 0.422. The van der Waals surface area contributed by atoms with Crippen molar-refractivity contribution in [2.24, 2.45) is 16.7 Å². The molecule has 1 amide bonds. The molecule has 59 heavy (non-hydrogen) atoms. The van der Waals surface area contributed by atoms with Gasteiger partial charge in [-0.2, -0.15) is 0 Å². The van der Waals surface area contributed by atoms with Gasteiger partial charge < -0.3 is 39.6 Å². The monoisotopic (exact) mass is 809 g/mol. The molecular formula is C45H47NO13. The number of esters is 3. The minimum absolute atomic E-state index is 0.0673. The highest BCUT2D eigenvalue weighted by Gasteiger charge is 2.78. The molecule has 310 valence electrons. The first-order valence-corrected chi connectivity index (χ1v) is 19.5. The van der Waals surface area contributed by atoms with Crippen LogP contribution in [0, 0.1) is 16.7 Å². The summed E-state index contributed by atoms with van der Waals surface area (Å²) < 4.78 is 24.1. The number of Topliss-reactive ketones (excluding diaryl/α,β-unsaturated/α-hetero) is 2. The van der Waals surface area contributed by atoms with Crippen LogP contribution in [0.3, 0.4) is 0 Å². The molecule has 14 nitrogen and oxygen atoms in total. The van der Waals surface area contributed by atoms with Crippen LogP contribution in [0.5, 0.6) is 0 Å². The summed E-state index contributed by atoms with van der Waals surface area (Å²) in [6, 6.07) is 22.9. The Bertz CT molecular complexity index is 2210. The Labute approximate surface area is 340 Å². The number of aliphatic hydroxyl groups excluding tert-OH is 2. The Hall–Kier alpha value is -5.54. The van der Waals surface area contributed by atoms with E-state index < -0.39 is 106 Å². The number of aliphatic hydroxyl groups is 3. The first-order valence-electron chi connectivity index (χ1n) is 19.5. The van der Waals surface area contributed by atoms with Gasteiger partial charge in [-0.15, -0.1) is 0 Å². The highest BCUT2D eigenvalue weighted by Crippen LogP contribution is 2.63. The van der Waals surface area contributed by atoms with Gasteiger partial charge >= 0.3 is 17.9 Å².